The van der Waals surface area contributed by atoms with Gasteiger partial charge >= 0.3 is 0 Å². The highest BCUT2D eigenvalue weighted by Gasteiger charge is 2.23. The van der Waals surface area contributed by atoms with Crippen molar-refractivity contribution in [2.24, 2.45) is 5.73 Å². The zero-order chi connectivity index (χ0) is 9.42. The van der Waals surface area contributed by atoms with Crippen LogP contribution in [0.2, 0.25) is 0 Å². The highest BCUT2D eigenvalue weighted by molar-refractivity contribution is 5.68. The molecule has 2 rings (SSSR count). The largest absolute Gasteiger partial charge is 0.495 e. The third kappa shape index (κ3) is 1.16. The average molecular weight is 178 g/mol. The molecule has 0 spiro atoms. The summed E-state index contributed by atoms with van der Waals surface area (Å²) in [6.07, 6.45) is 0. The van der Waals surface area contributed by atoms with Crippen LogP contribution in [-0.2, 0) is 0 Å². The van der Waals surface area contributed by atoms with Crippen molar-refractivity contribution in [3.63, 3.8) is 0 Å². The number of anilines is 1. The lowest BCUT2D eigenvalue weighted by Gasteiger charge is -2.10. The summed E-state index contributed by atoms with van der Waals surface area (Å²) >= 11 is 0. The van der Waals surface area contributed by atoms with Crippen LogP contribution in [0.5, 0.6) is 5.75 Å². The summed E-state index contributed by atoms with van der Waals surface area (Å²) < 4.78 is 5.24. The fourth-order valence-electron chi connectivity index (χ4n) is 1.85. The minimum atomic E-state index is 0.102. The Balaban J connectivity index is 2.59. The SMILES string of the molecule is COc1ccc(C)c2c1NCC2N. The number of ether oxygens (including phenoxy) is 1. The predicted octanol–water partition coefficient (Wildman–Crippen LogP) is 1.43. The van der Waals surface area contributed by atoms with Crippen LogP contribution in [0.25, 0.3) is 0 Å². The Morgan fingerprint density at radius 2 is 2.31 bits per heavy atom. The first-order valence-electron chi connectivity index (χ1n) is 4.41. The quantitative estimate of drug-likeness (QED) is 0.684. The first-order chi connectivity index (χ1) is 6.24. The molecule has 3 heteroatoms. The zero-order valence-electron chi connectivity index (χ0n) is 7.92. The van der Waals surface area contributed by atoms with E-state index in [-0.39, 0.29) is 6.04 Å². The van der Waals surface area contributed by atoms with Gasteiger partial charge in [-0.05, 0) is 18.6 Å². The van der Waals surface area contributed by atoms with Gasteiger partial charge in [-0.1, -0.05) is 6.07 Å². The van der Waals surface area contributed by atoms with Crippen LogP contribution in [-0.4, -0.2) is 13.7 Å². The van der Waals surface area contributed by atoms with E-state index >= 15 is 0 Å². The second kappa shape index (κ2) is 2.92. The number of nitrogens with one attached hydrogen (secondary N) is 1. The maximum atomic E-state index is 5.95. The molecular weight excluding hydrogens is 164 g/mol. The molecule has 1 heterocycles. The van der Waals surface area contributed by atoms with Gasteiger partial charge in [0.15, 0.2) is 0 Å². The van der Waals surface area contributed by atoms with Gasteiger partial charge in [0.05, 0.1) is 12.8 Å². The van der Waals surface area contributed by atoms with Gasteiger partial charge in [0.2, 0.25) is 0 Å². The van der Waals surface area contributed by atoms with Crippen LogP contribution in [0.1, 0.15) is 17.2 Å². The smallest absolute Gasteiger partial charge is 0.142 e. The Hall–Kier alpha value is -1.22. The van der Waals surface area contributed by atoms with E-state index in [4.69, 9.17) is 10.5 Å². The van der Waals surface area contributed by atoms with E-state index in [1.807, 2.05) is 12.1 Å². The van der Waals surface area contributed by atoms with Crippen molar-refractivity contribution < 1.29 is 4.74 Å². The Labute approximate surface area is 77.9 Å². The van der Waals surface area contributed by atoms with Crippen LogP contribution in [0, 0.1) is 6.92 Å². The number of hydrogen-bond acceptors (Lipinski definition) is 3. The van der Waals surface area contributed by atoms with Crippen LogP contribution in [0.3, 0.4) is 0 Å². The number of aryl methyl sites for hydroxylation is 1. The number of benzene rings is 1. The molecule has 1 aliphatic rings. The Bertz CT molecular complexity index is 336. The first-order valence-corrected chi connectivity index (χ1v) is 4.41. The molecule has 13 heavy (non-hydrogen) atoms. The minimum Gasteiger partial charge on any atom is -0.495 e. The second-order valence-electron chi connectivity index (χ2n) is 3.36. The van der Waals surface area contributed by atoms with Crippen LogP contribution in [0.4, 0.5) is 5.69 Å². The fourth-order valence-corrected chi connectivity index (χ4v) is 1.85. The predicted molar refractivity (Wildman–Crippen MR) is 53.1 cm³/mol. The first kappa shape index (κ1) is 8.38. The second-order valence-corrected chi connectivity index (χ2v) is 3.36. The van der Waals surface area contributed by atoms with E-state index in [0.29, 0.717) is 0 Å². The summed E-state index contributed by atoms with van der Waals surface area (Å²) in [5, 5.41) is 3.26. The van der Waals surface area contributed by atoms with Crippen LogP contribution < -0.4 is 15.8 Å². The lowest BCUT2D eigenvalue weighted by atomic mass is 10.0. The van der Waals surface area contributed by atoms with Gasteiger partial charge in [0.1, 0.15) is 5.75 Å². The highest BCUT2D eigenvalue weighted by Crippen LogP contribution is 2.38. The van der Waals surface area contributed by atoms with Gasteiger partial charge in [-0.2, -0.15) is 0 Å². The van der Waals surface area contributed by atoms with Gasteiger partial charge in [0.25, 0.3) is 0 Å². The molecule has 0 aliphatic carbocycles. The molecular formula is C10H14N2O. The van der Waals surface area contributed by atoms with Gasteiger partial charge in [0, 0.05) is 18.2 Å². The van der Waals surface area contributed by atoms with E-state index in [0.717, 1.165) is 18.0 Å². The third-order valence-electron chi connectivity index (χ3n) is 2.51. The molecule has 1 atom stereocenters. The molecule has 0 aromatic heterocycles. The standard InChI is InChI=1S/C10H14N2O/c1-6-3-4-8(13-2)10-9(6)7(11)5-12-10/h3-4,7,12H,5,11H2,1-2H3. The summed E-state index contributed by atoms with van der Waals surface area (Å²) in [5.41, 5.74) is 9.44. The number of fused-ring (bicyclic) bond motifs is 1. The normalized spacial score (nSPS) is 19.5. The number of nitrogens with two attached hydrogens (primary N) is 1. The molecule has 0 radical (unpaired) electrons. The Kier molecular flexibility index (Phi) is 1.88. The molecule has 1 aliphatic heterocycles. The lowest BCUT2D eigenvalue weighted by molar-refractivity contribution is 0.416. The van der Waals surface area contributed by atoms with Gasteiger partial charge in [-0.15, -0.1) is 0 Å². The Morgan fingerprint density at radius 3 is 3.00 bits per heavy atom. The summed E-state index contributed by atoms with van der Waals surface area (Å²) in [7, 11) is 1.68. The van der Waals surface area contributed by atoms with Crippen molar-refractivity contribution in [2.45, 2.75) is 13.0 Å². The maximum absolute atomic E-state index is 5.95. The molecule has 1 aromatic carbocycles. The average Bonchev–Trinajstić information content (AvgIpc) is 2.50. The maximum Gasteiger partial charge on any atom is 0.142 e. The summed E-state index contributed by atoms with van der Waals surface area (Å²) in [5.74, 6) is 0.883. The van der Waals surface area contributed by atoms with Crippen molar-refractivity contribution in [1.82, 2.24) is 0 Å². The van der Waals surface area contributed by atoms with Gasteiger partial charge < -0.3 is 15.8 Å². The molecule has 0 saturated heterocycles. The van der Waals surface area contributed by atoms with Crippen molar-refractivity contribution in [1.29, 1.82) is 0 Å². The molecule has 0 bridgehead atoms. The summed E-state index contributed by atoms with van der Waals surface area (Å²) in [6, 6.07) is 4.12. The van der Waals surface area contributed by atoms with E-state index in [1.54, 1.807) is 7.11 Å². The number of hydrogen-bond donors (Lipinski definition) is 2. The number of rotatable bonds is 1. The zero-order valence-corrected chi connectivity index (χ0v) is 7.92. The van der Waals surface area contributed by atoms with Crippen molar-refractivity contribution in [2.75, 3.05) is 19.0 Å². The van der Waals surface area contributed by atoms with Crippen molar-refractivity contribution >= 4 is 5.69 Å². The fraction of sp³-hybridized carbons (Fsp3) is 0.400. The minimum absolute atomic E-state index is 0.102. The van der Waals surface area contributed by atoms with E-state index < -0.39 is 0 Å². The van der Waals surface area contributed by atoms with Crippen molar-refractivity contribution in [3.05, 3.63) is 23.3 Å². The topological polar surface area (TPSA) is 47.3 Å². The summed E-state index contributed by atoms with van der Waals surface area (Å²) in [6.45, 7) is 2.88. The molecule has 1 aromatic rings. The van der Waals surface area contributed by atoms with Crippen LogP contribution in [0.15, 0.2) is 12.1 Å². The van der Waals surface area contributed by atoms with Gasteiger partial charge in [-0.25, -0.2) is 0 Å². The van der Waals surface area contributed by atoms with Gasteiger partial charge in [-0.3, -0.25) is 0 Å². The third-order valence-corrected chi connectivity index (χ3v) is 2.51. The van der Waals surface area contributed by atoms with E-state index in [9.17, 15) is 0 Å². The molecule has 0 fully saturated rings. The molecule has 0 amide bonds. The molecule has 0 saturated carbocycles. The van der Waals surface area contributed by atoms with Crippen molar-refractivity contribution in [3.8, 4) is 5.75 Å². The molecule has 70 valence electrons. The van der Waals surface area contributed by atoms with E-state index in [2.05, 4.69) is 12.2 Å². The summed E-state index contributed by atoms with van der Waals surface area (Å²) in [4.78, 5) is 0. The van der Waals surface area contributed by atoms with Crippen LogP contribution >= 0.6 is 0 Å². The molecule has 3 nitrogen and oxygen atoms in total. The highest BCUT2D eigenvalue weighted by atomic mass is 16.5. The molecule has 1 unspecified atom stereocenters. The monoisotopic (exact) mass is 178 g/mol. The number of methoxy groups -OCH3 is 1. The van der Waals surface area contributed by atoms with E-state index in [1.165, 1.54) is 11.1 Å². The Morgan fingerprint density at radius 1 is 1.54 bits per heavy atom. The molecule has 3 N–H and O–H groups in total. The lowest BCUT2D eigenvalue weighted by Crippen LogP contribution is -2.12.